The Labute approximate surface area is 169 Å². The Kier molecular flexibility index (Phi) is 4.85. The normalized spacial score (nSPS) is 16.8. The van der Waals surface area contributed by atoms with Gasteiger partial charge in [0.15, 0.2) is 0 Å². The average Bonchev–Trinajstić information content (AvgIpc) is 2.87. The van der Waals surface area contributed by atoms with Crippen molar-refractivity contribution in [2.75, 3.05) is 7.11 Å². The maximum atomic E-state index is 13.0. The Morgan fingerprint density at radius 3 is 1.93 bits per heavy atom. The van der Waals surface area contributed by atoms with Gasteiger partial charge in [-0.15, -0.1) is 0 Å². The van der Waals surface area contributed by atoms with Crippen LogP contribution in [0.4, 0.5) is 0 Å². The molecule has 0 radical (unpaired) electrons. The Morgan fingerprint density at radius 2 is 1.46 bits per heavy atom. The summed E-state index contributed by atoms with van der Waals surface area (Å²) in [5.74, 6) is 1.01. The van der Waals surface area contributed by atoms with Crippen LogP contribution in [0.2, 0.25) is 0 Å². The van der Waals surface area contributed by atoms with E-state index in [4.69, 9.17) is 9.47 Å². The van der Waals surface area contributed by atoms with Crippen LogP contribution >= 0.6 is 0 Å². The van der Waals surface area contributed by atoms with Crippen molar-refractivity contribution in [1.82, 2.24) is 0 Å². The van der Waals surface area contributed by atoms with E-state index in [1.165, 1.54) is 5.56 Å². The van der Waals surface area contributed by atoms with Gasteiger partial charge in [0.25, 0.3) is 0 Å². The number of methoxy groups -OCH3 is 1. The van der Waals surface area contributed by atoms with E-state index >= 15 is 0 Å². The van der Waals surface area contributed by atoms with E-state index in [1.807, 2.05) is 26.0 Å². The Bertz CT molecular complexity index is 916. The zero-order valence-corrected chi connectivity index (χ0v) is 18.6. The molecular formula is C25H32O3. The van der Waals surface area contributed by atoms with Gasteiger partial charge >= 0.3 is 5.97 Å². The molecule has 0 bridgehead atoms. The highest BCUT2D eigenvalue weighted by Crippen LogP contribution is 2.47. The van der Waals surface area contributed by atoms with Crippen molar-refractivity contribution in [3.05, 3.63) is 57.6 Å². The molecule has 1 unspecified atom stereocenters. The van der Waals surface area contributed by atoms with Gasteiger partial charge < -0.3 is 9.47 Å². The number of hydrogen-bond donors (Lipinski definition) is 0. The minimum atomic E-state index is -0.401. The molecule has 1 heterocycles. The standard InChI is InChI=1S/C25H32O3/c1-14-10-16(11-15(2)21(14)27-9)20-18-12-17(24(3,4)5)13-19(25(6,7)8)22(18)28-23(20)26/h10-13,20H,1-9H3. The lowest BCUT2D eigenvalue weighted by Crippen LogP contribution is -2.17. The molecule has 0 saturated carbocycles. The largest absolute Gasteiger partial charge is 0.496 e. The maximum Gasteiger partial charge on any atom is 0.323 e. The first-order valence-corrected chi connectivity index (χ1v) is 9.90. The Balaban J connectivity index is 2.27. The van der Waals surface area contributed by atoms with E-state index in [-0.39, 0.29) is 16.8 Å². The van der Waals surface area contributed by atoms with E-state index in [2.05, 4.69) is 53.7 Å². The van der Waals surface area contributed by atoms with Gasteiger partial charge in [-0.3, -0.25) is 4.79 Å². The number of benzene rings is 2. The van der Waals surface area contributed by atoms with Crippen LogP contribution in [0.15, 0.2) is 24.3 Å². The number of ether oxygens (including phenoxy) is 2. The van der Waals surface area contributed by atoms with Crippen molar-refractivity contribution in [1.29, 1.82) is 0 Å². The lowest BCUT2D eigenvalue weighted by molar-refractivity contribution is -0.133. The number of carbonyl (C=O) groups excluding carboxylic acids is 1. The van der Waals surface area contributed by atoms with Crippen molar-refractivity contribution in [2.45, 2.75) is 72.1 Å². The summed E-state index contributed by atoms with van der Waals surface area (Å²) in [4.78, 5) is 13.0. The van der Waals surface area contributed by atoms with Gasteiger partial charge in [-0.25, -0.2) is 0 Å². The molecule has 0 fully saturated rings. The molecule has 1 aliphatic rings. The zero-order valence-electron chi connectivity index (χ0n) is 18.6. The summed E-state index contributed by atoms with van der Waals surface area (Å²) in [6.45, 7) is 17.1. The lowest BCUT2D eigenvalue weighted by atomic mass is 9.77. The first kappa shape index (κ1) is 20.4. The summed E-state index contributed by atoms with van der Waals surface area (Å²) in [6, 6.07) is 8.47. The van der Waals surface area contributed by atoms with Crippen molar-refractivity contribution in [2.24, 2.45) is 0 Å². The van der Waals surface area contributed by atoms with E-state index in [1.54, 1.807) is 7.11 Å². The van der Waals surface area contributed by atoms with Crippen LogP contribution in [-0.4, -0.2) is 13.1 Å². The Morgan fingerprint density at radius 1 is 0.893 bits per heavy atom. The van der Waals surface area contributed by atoms with Gasteiger partial charge in [-0.1, -0.05) is 65.8 Å². The summed E-state index contributed by atoms with van der Waals surface area (Å²) >= 11 is 0. The fourth-order valence-electron chi connectivity index (χ4n) is 4.04. The molecule has 2 aromatic carbocycles. The second-order valence-corrected chi connectivity index (χ2v) is 9.98. The molecule has 0 aliphatic carbocycles. The number of fused-ring (bicyclic) bond motifs is 1. The predicted octanol–water partition coefficient (Wildman–Crippen LogP) is 5.96. The fraction of sp³-hybridized carbons (Fsp3) is 0.480. The minimum Gasteiger partial charge on any atom is -0.496 e. The zero-order chi connectivity index (χ0) is 21.0. The maximum absolute atomic E-state index is 13.0. The number of rotatable bonds is 2. The van der Waals surface area contributed by atoms with Crippen LogP contribution in [0.1, 0.15) is 80.8 Å². The summed E-state index contributed by atoms with van der Waals surface area (Å²) in [6.07, 6.45) is 0. The van der Waals surface area contributed by atoms with Crippen molar-refractivity contribution < 1.29 is 14.3 Å². The van der Waals surface area contributed by atoms with Gasteiger partial charge in [0.2, 0.25) is 0 Å². The van der Waals surface area contributed by atoms with E-state index < -0.39 is 5.92 Å². The highest BCUT2D eigenvalue weighted by Gasteiger charge is 2.39. The molecule has 0 spiro atoms. The number of aryl methyl sites for hydroxylation is 2. The molecule has 1 aliphatic heterocycles. The van der Waals surface area contributed by atoms with Gasteiger partial charge in [0.05, 0.1) is 7.11 Å². The first-order valence-electron chi connectivity index (χ1n) is 9.90. The molecule has 28 heavy (non-hydrogen) atoms. The number of hydrogen-bond acceptors (Lipinski definition) is 3. The summed E-state index contributed by atoms with van der Waals surface area (Å²) in [7, 11) is 1.68. The summed E-state index contributed by atoms with van der Waals surface area (Å²) in [5.41, 5.74) is 6.18. The van der Waals surface area contributed by atoms with Gasteiger partial charge in [-0.05, 0) is 46.9 Å². The lowest BCUT2D eigenvalue weighted by Gasteiger charge is -2.27. The van der Waals surface area contributed by atoms with Crippen LogP contribution in [0.3, 0.4) is 0 Å². The molecule has 0 aromatic heterocycles. The third kappa shape index (κ3) is 3.43. The molecule has 3 nitrogen and oxygen atoms in total. The number of carbonyl (C=O) groups is 1. The quantitative estimate of drug-likeness (QED) is 0.476. The minimum absolute atomic E-state index is 0.0169. The Hall–Kier alpha value is -2.29. The molecule has 0 amide bonds. The predicted molar refractivity (Wildman–Crippen MR) is 114 cm³/mol. The molecule has 0 N–H and O–H groups in total. The first-order chi connectivity index (χ1) is 12.8. The highest BCUT2D eigenvalue weighted by molar-refractivity contribution is 5.90. The van der Waals surface area contributed by atoms with Crippen LogP contribution in [-0.2, 0) is 15.6 Å². The third-order valence-electron chi connectivity index (χ3n) is 5.56. The topological polar surface area (TPSA) is 35.5 Å². The van der Waals surface area contributed by atoms with Gasteiger partial charge in [-0.2, -0.15) is 0 Å². The van der Waals surface area contributed by atoms with E-state index in [9.17, 15) is 4.79 Å². The van der Waals surface area contributed by atoms with Crippen LogP contribution in [0, 0.1) is 13.8 Å². The van der Waals surface area contributed by atoms with Crippen molar-refractivity contribution in [3.8, 4) is 11.5 Å². The highest BCUT2D eigenvalue weighted by atomic mass is 16.5. The second kappa shape index (κ2) is 6.65. The number of esters is 1. The smallest absolute Gasteiger partial charge is 0.323 e. The van der Waals surface area contributed by atoms with Crippen molar-refractivity contribution >= 4 is 5.97 Å². The SMILES string of the molecule is COc1c(C)cc(C2C(=O)Oc3c2cc(C(C)(C)C)cc3C(C)(C)C)cc1C. The molecule has 1 atom stereocenters. The van der Waals surface area contributed by atoms with Gasteiger partial charge in [0, 0.05) is 11.1 Å². The molecule has 150 valence electrons. The molecular weight excluding hydrogens is 348 g/mol. The van der Waals surface area contributed by atoms with Crippen LogP contribution in [0.25, 0.3) is 0 Å². The van der Waals surface area contributed by atoms with Crippen LogP contribution in [0.5, 0.6) is 11.5 Å². The van der Waals surface area contributed by atoms with Gasteiger partial charge in [0.1, 0.15) is 17.4 Å². The third-order valence-corrected chi connectivity index (χ3v) is 5.56. The molecule has 0 saturated heterocycles. The molecule has 2 aromatic rings. The van der Waals surface area contributed by atoms with Crippen molar-refractivity contribution in [3.63, 3.8) is 0 Å². The van der Waals surface area contributed by atoms with Crippen LogP contribution < -0.4 is 9.47 Å². The van der Waals surface area contributed by atoms with E-state index in [0.29, 0.717) is 0 Å². The second-order valence-electron chi connectivity index (χ2n) is 9.98. The summed E-state index contributed by atoms with van der Waals surface area (Å²) in [5, 5.41) is 0. The monoisotopic (exact) mass is 380 g/mol. The van der Waals surface area contributed by atoms with E-state index in [0.717, 1.165) is 39.3 Å². The molecule has 3 rings (SSSR count). The average molecular weight is 381 g/mol. The summed E-state index contributed by atoms with van der Waals surface area (Å²) < 4.78 is 11.4. The fourth-order valence-corrected chi connectivity index (χ4v) is 4.04. The molecule has 3 heteroatoms.